The summed E-state index contributed by atoms with van der Waals surface area (Å²) >= 11 is 1.41. The van der Waals surface area contributed by atoms with Crippen LogP contribution in [0.3, 0.4) is 0 Å². The second-order valence-electron chi connectivity index (χ2n) is 8.03. The highest BCUT2D eigenvalue weighted by atomic mass is 32.1. The summed E-state index contributed by atoms with van der Waals surface area (Å²) in [5.41, 5.74) is 9.86. The number of nitrogens with zero attached hydrogens (tertiary/aromatic N) is 4. The minimum atomic E-state index is -1.17. The van der Waals surface area contributed by atoms with Gasteiger partial charge in [0.15, 0.2) is 5.01 Å². The van der Waals surface area contributed by atoms with Crippen molar-refractivity contribution in [3.05, 3.63) is 81.3 Å². The van der Waals surface area contributed by atoms with Crippen LogP contribution in [0.2, 0.25) is 0 Å². The van der Waals surface area contributed by atoms with Crippen molar-refractivity contribution in [3.8, 4) is 0 Å². The van der Waals surface area contributed by atoms with E-state index < -0.39 is 12.1 Å². The third-order valence-corrected chi connectivity index (χ3v) is 6.63. The summed E-state index contributed by atoms with van der Waals surface area (Å²) in [5.74, 6) is -0.642. The summed E-state index contributed by atoms with van der Waals surface area (Å²) < 4.78 is 5.45. The van der Waals surface area contributed by atoms with Gasteiger partial charge in [0.1, 0.15) is 0 Å². The van der Waals surface area contributed by atoms with Crippen LogP contribution in [0.15, 0.2) is 64.6 Å². The van der Waals surface area contributed by atoms with Crippen molar-refractivity contribution < 1.29 is 9.53 Å². The van der Waals surface area contributed by atoms with E-state index in [1.54, 1.807) is 0 Å². The number of hydrogen-bond donors (Lipinski definition) is 3. The molecule has 1 atom stereocenters. The summed E-state index contributed by atoms with van der Waals surface area (Å²) in [6.45, 7) is 1.72. The monoisotopic (exact) mass is 473 g/mol. The summed E-state index contributed by atoms with van der Waals surface area (Å²) in [5, 5.41) is 11.6. The Bertz CT molecular complexity index is 1320. The number of amides is 1. The highest BCUT2D eigenvalue weighted by Crippen LogP contribution is 2.26. The zero-order valence-electron chi connectivity index (χ0n) is 18.5. The predicted octanol–water partition coefficient (Wildman–Crippen LogP) is 2.60. The number of carbonyl (C=O) groups is 1. The molecule has 0 bridgehead atoms. The molecule has 1 amide bonds. The number of nitrogens with one attached hydrogen (secondary N) is 2. The molecular formula is C24H23N7O2S. The van der Waals surface area contributed by atoms with Gasteiger partial charge in [-0.15, -0.1) is 11.3 Å². The second kappa shape index (κ2) is 9.16. The van der Waals surface area contributed by atoms with Gasteiger partial charge in [0, 0.05) is 35.5 Å². The number of carbonyl (C=O) groups excluding carboxylic acids is 1. The molecule has 0 spiro atoms. The number of thiazole rings is 1. The van der Waals surface area contributed by atoms with Crippen LogP contribution in [0.1, 0.15) is 26.7 Å². The van der Waals surface area contributed by atoms with Crippen LogP contribution < -0.4 is 11.1 Å². The first-order valence-electron chi connectivity index (χ1n) is 10.8. The quantitative estimate of drug-likeness (QED) is 0.398. The molecule has 0 saturated heterocycles. The van der Waals surface area contributed by atoms with Crippen molar-refractivity contribution in [1.29, 1.82) is 5.41 Å². The average Bonchev–Trinajstić information content (AvgIpc) is 3.20. The van der Waals surface area contributed by atoms with Crippen LogP contribution in [-0.4, -0.2) is 53.2 Å². The van der Waals surface area contributed by atoms with Gasteiger partial charge < -0.3 is 20.7 Å². The van der Waals surface area contributed by atoms with Gasteiger partial charge in [-0.25, -0.2) is 9.98 Å². The zero-order chi connectivity index (χ0) is 23.7. The molecule has 4 N–H and O–H groups in total. The van der Waals surface area contributed by atoms with E-state index in [1.165, 1.54) is 11.3 Å². The maximum atomic E-state index is 12.9. The fourth-order valence-electron chi connectivity index (χ4n) is 3.88. The van der Waals surface area contributed by atoms with Gasteiger partial charge in [-0.05, 0) is 13.1 Å². The Labute approximate surface area is 200 Å². The number of nitrogens with two attached hydrogens (primary N) is 1. The minimum Gasteiger partial charge on any atom is -0.404 e. The number of hydrogen-bond acceptors (Lipinski definition) is 8. The number of anilines is 1. The third kappa shape index (κ3) is 4.45. The normalized spacial score (nSPS) is 18.3. The molecule has 3 aromatic rings. The van der Waals surface area contributed by atoms with Gasteiger partial charge in [0.25, 0.3) is 17.8 Å². The van der Waals surface area contributed by atoms with E-state index in [2.05, 4.69) is 32.2 Å². The maximum absolute atomic E-state index is 12.9. The Morgan fingerprint density at radius 2 is 2.00 bits per heavy atom. The molecule has 2 aliphatic rings. The molecular weight excluding hydrogens is 450 g/mol. The van der Waals surface area contributed by atoms with Crippen molar-refractivity contribution in [3.63, 3.8) is 0 Å². The maximum Gasteiger partial charge on any atom is 0.291 e. The fourth-order valence-corrected chi connectivity index (χ4v) is 4.95. The van der Waals surface area contributed by atoms with Crippen molar-refractivity contribution in [2.24, 2.45) is 15.7 Å². The molecule has 3 heterocycles. The lowest BCUT2D eigenvalue weighted by atomic mass is 10.0. The number of rotatable bonds is 3. The molecule has 9 nitrogen and oxygen atoms in total. The summed E-state index contributed by atoms with van der Waals surface area (Å²) in [6, 6.07) is 16.7. The molecule has 0 saturated carbocycles. The lowest BCUT2D eigenvalue weighted by Crippen LogP contribution is -2.29. The summed E-state index contributed by atoms with van der Waals surface area (Å²) in [6.07, 6.45) is -0.340. The fraction of sp³-hybridized carbons (Fsp3) is 0.208. The van der Waals surface area contributed by atoms with Crippen molar-refractivity contribution in [2.45, 2.75) is 19.1 Å². The third-order valence-electron chi connectivity index (χ3n) is 5.55. The number of benzene rings is 2. The molecule has 1 unspecified atom stereocenters. The summed E-state index contributed by atoms with van der Waals surface area (Å²) in [7, 11) is 2.05. The molecule has 34 heavy (non-hydrogen) atoms. The van der Waals surface area contributed by atoms with Crippen LogP contribution in [0.4, 0.5) is 5.69 Å². The molecule has 0 fully saturated rings. The number of likely N-dealkylation sites (N-methyl/N-ethyl adjacent to an activating group) is 1. The molecule has 172 valence electrons. The number of amidine groups is 1. The highest BCUT2D eigenvalue weighted by Gasteiger charge is 2.26. The van der Waals surface area contributed by atoms with E-state index in [1.807, 2.05) is 54.6 Å². The summed E-state index contributed by atoms with van der Waals surface area (Å²) in [4.78, 5) is 29.6. The van der Waals surface area contributed by atoms with E-state index >= 15 is 0 Å². The lowest BCUT2D eigenvalue weighted by molar-refractivity contribution is -0.117. The molecule has 2 aromatic carbocycles. The minimum absolute atomic E-state index is 0.201. The first-order valence-corrected chi connectivity index (χ1v) is 11.6. The topological polar surface area (TPSA) is 129 Å². The standard InChI is InChI=1S/C24H23N7O2S/c1-31-12-11-17-18(13-31)34-23(28-17)20(25)33-24(26)30-21-22(32)27-16-10-6-5-9-15(16)19(29-21)14-7-3-2-4-8-14/h2-10,21,25H,11-13H2,1H3,(H2,26,30)(H,27,32). The van der Waals surface area contributed by atoms with E-state index in [9.17, 15) is 4.79 Å². The molecule has 10 heteroatoms. The van der Waals surface area contributed by atoms with E-state index in [4.69, 9.17) is 15.9 Å². The zero-order valence-corrected chi connectivity index (χ0v) is 19.3. The van der Waals surface area contributed by atoms with Crippen molar-refractivity contribution >= 4 is 40.6 Å². The Morgan fingerprint density at radius 1 is 1.24 bits per heavy atom. The highest BCUT2D eigenvalue weighted by molar-refractivity contribution is 7.13. The van der Waals surface area contributed by atoms with Crippen LogP contribution in [-0.2, 0) is 22.5 Å². The van der Waals surface area contributed by atoms with Crippen LogP contribution >= 0.6 is 11.3 Å². The van der Waals surface area contributed by atoms with Gasteiger partial charge in [-0.1, -0.05) is 48.5 Å². The first kappa shape index (κ1) is 21.9. The smallest absolute Gasteiger partial charge is 0.291 e. The molecule has 2 aliphatic heterocycles. The molecule has 5 rings (SSSR count). The van der Waals surface area contributed by atoms with E-state index in [0.717, 1.165) is 41.2 Å². The molecule has 0 aliphatic carbocycles. The Balaban J connectivity index is 1.42. The second-order valence-corrected chi connectivity index (χ2v) is 9.11. The van der Waals surface area contributed by atoms with Crippen LogP contribution in [0, 0.1) is 5.41 Å². The number of benzodiazepines with no additional fused rings is 1. The predicted molar refractivity (Wildman–Crippen MR) is 133 cm³/mol. The number of aromatic nitrogens is 1. The SMILES string of the molecule is CN1CCc2nc(C(=N)O/C(N)=N/C3N=C(c4ccccc4)c4ccccc4NC3=O)sc2C1. The Morgan fingerprint density at radius 3 is 2.82 bits per heavy atom. The van der Waals surface area contributed by atoms with Crippen LogP contribution in [0.25, 0.3) is 0 Å². The Hall–Kier alpha value is -3.89. The van der Waals surface area contributed by atoms with Crippen molar-refractivity contribution in [2.75, 3.05) is 18.9 Å². The number of para-hydroxylation sites is 1. The largest absolute Gasteiger partial charge is 0.404 e. The van der Waals surface area contributed by atoms with Gasteiger partial charge in [-0.2, -0.15) is 4.99 Å². The van der Waals surface area contributed by atoms with Crippen LogP contribution in [0.5, 0.6) is 0 Å². The Kier molecular flexibility index (Phi) is 5.91. The number of aliphatic imine (C=N–C) groups is 2. The molecule has 1 aromatic heterocycles. The first-order chi connectivity index (χ1) is 16.5. The van der Waals surface area contributed by atoms with Crippen molar-refractivity contribution in [1.82, 2.24) is 9.88 Å². The molecule has 0 radical (unpaired) electrons. The van der Waals surface area contributed by atoms with Gasteiger partial charge in [0.05, 0.1) is 17.1 Å². The lowest BCUT2D eigenvalue weighted by Gasteiger charge is -2.20. The number of fused-ring (bicyclic) bond motifs is 2. The van der Waals surface area contributed by atoms with Gasteiger partial charge in [0.2, 0.25) is 6.17 Å². The van der Waals surface area contributed by atoms with E-state index in [-0.39, 0.29) is 11.9 Å². The average molecular weight is 474 g/mol. The van der Waals surface area contributed by atoms with Gasteiger partial charge in [-0.3, -0.25) is 10.2 Å². The van der Waals surface area contributed by atoms with Gasteiger partial charge >= 0.3 is 0 Å². The van der Waals surface area contributed by atoms with E-state index in [0.29, 0.717) is 16.4 Å². The number of ether oxygens (including phenoxy) is 1.